The lowest BCUT2D eigenvalue weighted by Gasteiger charge is -2.24. The number of carbonyl (C=O) groups excluding carboxylic acids is 4. The molecule has 0 saturated carbocycles. The van der Waals surface area contributed by atoms with Gasteiger partial charge in [-0.25, -0.2) is 14.4 Å². The number of ether oxygens (including phenoxy) is 2. The number of carboxylic acid groups (broad SMARTS) is 1. The van der Waals surface area contributed by atoms with Crippen LogP contribution in [0.5, 0.6) is 0 Å². The van der Waals surface area contributed by atoms with Gasteiger partial charge in [0.05, 0.1) is 31.8 Å². The number of carboxylic acids is 1. The van der Waals surface area contributed by atoms with E-state index in [0.717, 1.165) is 0 Å². The largest absolute Gasteiger partial charge is 0.478 e. The Balaban J connectivity index is 1.88. The highest BCUT2D eigenvalue weighted by Gasteiger charge is 2.41. The summed E-state index contributed by atoms with van der Waals surface area (Å²) in [6.45, 7) is 0. The van der Waals surface area contributed by atoms with E-state index < -0.39 is 41.9 Å². The number of hydrazine groups is 1. The molecule has 3 rings (SSSR count). The zero-order valence-electron chi connectivity index (χ0n) is 19.3. The number of rotatable bonds is 8. The summed E-state index contributed by atoms with van der Waals surface area (Å²) in [5.74, 6) is -6.58. The van der Waals surface area contributed by atoms with Crippen molar-refractivity contribution in [3.63, 3.8) is 0 Å². The van der Waals surface area contributed by atoms with E-state index in [1.54, 1.807) is 0 Å². The molecule has 39 heavy (non-hydrogen) atoms. The molecule has 0 aliphatic heterocycles. The van der Waals surface area contributed by atoms with E-state index in [9.17, 15) is 29.1 Å². The molecule has 0 aliphatic carbocycles. The number of halogens is 4. The first-order valence-electron chi connectivity index (χ1n) is 10.7. The van der Waals surface area contributed by atoms with Crippen LogP contribution < -0.4 is 10.9 Å². The molecule has 14 heteroatoms. The molecule has 202 valence electrons. The van der Waals surface area contributed by atoms with Gasteiger partial charge in [-0.3, -0.25) is 20.4 Å². The maximum Gasteiger partial charge on any atom is 0.349 e. The van der Waals surface area contributed by atoms with Crippen LogP contribution in [0, 0.1) is 0 Å². The molecule has 0 aromatic heterocycles. The van der Waals surface area contributed by atoms with Crippen molar-refractivity contribution in [2.75, 3.05) is 0 Å². The van der Waals surface area contributed by atoms with Gasteiger partial charge < -0.3 is 14.6 Å². The summed E-state index contributed by atoms with van der Waals surface area (Å²) in [5, 5.41) is 9.86. The SMILES string of the molecule is O=C(NNC(=O)[C@@H](OC(=O)c1ccccc1Cl)[C@H](OC(=O)c1ccccc1Cl)C(=O)O)c1ccc(Cl)cc1Cl. The molecular formula is C25H16Cl4N2O8. The summed E-state index contributed by atoms with van der Waals surface area (Å²) in [6, 6.07) is 15.1. The van der Waals surface area contributed by atoms with E-state index >= 15 is 0 Å². The number of amides is 2. The van der Waals surface area contributed by atoms with E-state index in [-0.39, 0.29) is 36.8 Å². The van der Waals surface area contributed by atoms with Crippen LogP contribution in [0.15, 0.2) is 66.7 Å². The van der Waals surface area contributed by atoms with Crippen LogP contribution in [-0.4, -0.2) is 47.0 Å². The van der Waals surface area contributed by atoms with Crippen LogP contribution in [0.25, 0.3) is 0 Å². The van der Waals surface area contributed by atoms with E-state index in [0.29, 0.717) is 0 Å². The van der Waals surface area contributed by atoms with E-state index in [1.165, 1.54) is 66.7 Å². The van der Waals surface area contributed by atoms with Crippen molar-refractivity contribution in [1.82, 2.24) is 10.9 Å². The van der Waals surface area contributed by atoms with Gasteiger partial charge in [0.15, 0.2) is 0 Å². The number of esters is 2. The van der Waals surface area contributed by atoms with Crippen molar-refractivity contribution in [2.45, 2.75) is 12.2 Å². The monoisotopic (exact) mass is 612 g/mol. The molecule has 0 bridgehead atoms. The summed E-state index contributed by atoms with van der Waals surface area (Å²) < 4.78 is 10.1. The fraction of sp³-hybridized carbons (Fsp3) is 0.0800. The minimum atomic E-state index is -2.38. The fourth-order valence-electron chi connectivity index (χ4n) is 3.04. The molecule has 0 radical (unpaired) electrons. The molecule has 2 amide bonds. The third kappa shape index (κ3) is 7.61. The van der Waals surface area contributed by atoms with Crippen molar-refractivity contribution < 1.29 is 38.6 Å². The lowest BCUT2D eigenvalue weighted by atomic mass is 10.1. The van der Waals surface area contributed by atoms with Crippen LogP contribution in [-0.2, 0) is 19.1 Å². The normalized spacial score (nSPS) is 12.0. The van der Waals surface area contributed by atoms with Crippen LogP contribution in [0.3, 0.4) is 0 Å². The van der Waals surface area contributed by atoms with Gasteiger partial charge in [-0.1, -0.05) is 70.7 Å². The third-order valence-electron chi connectivity index (χ3n) is 4.91. The molecule has 3 N–H and O–H groups in total. The Kier molecular flexibility index (Phi) is 10.1. The zero-order chi connectivity index (χ0) is 28.7. The smallest absolute Gasteiger partial charge is 0.349 e. The standard InChI is InChI=1S/C25H16Cl4N2O8/c26-12-9-10-13(18(29)11-12)21(32)30-31-22(33)19(38-24(36)14-5-1-3-7-16(14)27)20(23(34)35)39-25(37)15-6-2-4-8-17(15)28/h1-11,19-20H,(H,30,32)(H,31,33)(H,34,35)/t19-,20-/m0/s1. The highest BCUT2D eigenvalue weighted by molar-refractivity contribution is 6.37. The van der Waals surface area contributed by atoms with E-state index in [1.807, 2.05) is 10.9 Å². The Labute approximate surface area is 240 Å². The number of aliphatic carboxylic acids is 1. The average Bonchev–Trinajstić information content (AvgIpc) is 2.89. The number of nitrogens with one attached hydrogen (secondary N) is 2. The van der Waals surface area contributed by atoms with Crippen molar-refractivity contribution in [1.29, 1.82) is 0 Å². The molecule has 0 spiro atoms. The molecule has 0 unspecified atom stereocenters. The molecule has 2 atom stereocenters. The molecule has 0 fully saturated rings. The van der Waals surface area contributed by atoms with Gasteiger partial charge in [0.2, 0.25) is 12.2 Å². The highest BCUT2D eigenvalue weighted by atomic mass is 35.5. The van der Waals surface area contributed by atoms with Gasteiger partial charge in [-0.15, -0.1) is 0 Å². The van der Waals surface area contributed by atoms with Gasteiger partial charge in [0, 0.05) is 5.02 Å². The first-order chi connectivity index (χ1) is 18.5. The Bertz CT molecular complexity index is 1450. The van der Waals surface area contributed by atoms with Gasteiger partial charge in [0.25, 0.3) is 11.8 Å². The quantitative estimate of drug-likeness (QED) is 0.247. The molecular weight excluding hydrogens is 598 g/mol. The van der Waals surface area contributed by atoms with E-state index in [4.69, 9.17) is 55.9 Å². The van der Waals surface area contributed by atoms with Crippen LogP contribution in [0.4, 0.5) is 0 Å². The van der Waals surface area contributed by atoms with Gasteiger partial charge in [0.1, 0.15) is 0 Å². The van der Waals surface area contributed by atoms with E-state index in [2.05, 4.69) is 0 Å². The lowest BCUT2D eigenvalue weighted by molar-refractivity contribution is -0.159. The lowest BCUT2D eigenvalue weighted by Crippen LogP contribution is -2.54. The van der Waals surface area contributed by atoms with Crippen molar-refractivity contribution in [3.05, 3.63) is 104 Å². The van der Waals surface area contributed by atoms with Crippen molar-refractivity contribution >= 4 is 76.1 Å². The molecule has 10 nitrogen and oxygen atoms in total. The Hall–Kier alpha value is -3.83. The zero-order valence-corrected chi connectivity index (χ0v) is 22.3. The Morgan fingerprint density at radius 3 is 1.64 bits per heavy atom. The summed E-state index contributed by atoms with van der Waals surface area (Å²) in [7, 11) is 0. The van der Waals surface area contributed by atoms with Gasteiger partial charge in [-0.2, -0.15) is 0 Å². The first-order valence-corrected chi connectivity index (χ1v) is 12.2. The summed E-state index contributed by atoms with van der Waals surface area (Å²) in [5.41, 5.74) is 3.43. The number of hydrogen-bond donors (Lipinski definition) is 3. The predicted octanol–water partition coefficient (Wildman–Crippen LogP) is 4.60. The summed E-state index contributed by atoms with van der Waals surface area (Å²) >= 11 is 23.8. The van der Waals surface area contributed by atoms with Crippen LogP contribution in [0.1, 0.15) is 31.1 Å². The van der Waals surface area contributed by atoms with Crippen molar-refractivity contribution in [3.8, 4) is 0 Å². The topological polar surface area (TPSA) is 148 Å². The predicted molar refractivity (Wildman–Crippen MR) is 141 cm³/mol. The molecule has 0 aliphatic rings. The summed E-state index contributed by atoms with van der Waals surface area (Å²) in [4.78, 5) is 63.1. The number of benzene rings is 3. The third-order valence-corrected chi connectivity index (χ3v) is 6.11. The van der Waals surface area contributed by atoms with Crippen LogP contribution in [0.2, 0.25) is 20.1 Å². The molecule has 0 saturated heterocycles. The Morgan fingerprint density at radius 1 is 0.641 bits per heavy atom. The minimum Gasteiger partial charge on any atom is -0.478 e. The molecule has 0 heterocycles. The maximum atomic E-state index is 13.0. The van der Waals surface area contributed by atoms with Gasteiger partial charge >= 0.3 is 17.9 Å². The number of carbonyl (C=O) groups is 5. The second kappa shape index (κ2) is 13.3. The Morgan fingerprint density at radius 2 is 1.15 bits per heavy atom. The molecule has 3 aromatic carbocycles. The minimum absolute atomic E-state index is 0.0481. The van der Waals surface area contributed by atoms with Crippen LogP contribution >= 0.6 is 46.4 Å². The molecule has 3 aromatic rings. The van der Waals surface area contributed by atoms with Crippen molar-refractivity contribution in [2.24, 2.45) is 0 Å². The van der Waals surface area contributed by atoms with Gasteiger partial charge in [-0.05, 0) is 42.5 Å². The number of hydrogen-bond acceptors (Lipinski definition) is 7. The average molecular weight is 614 g/mol. The fourth-order valence-corrected chi connectivity index (χ4v) is 3.96. The highest BCUT2D eigenvalue weighted by Crippen LogP contribution is 2.22. The maximum absolute atomic E-state index is 13.0. The second-order valence-electron chi connectivity index (χ2n) is 7.52. The first kappa shape index (κ1) is 29.7. The summed E-state index contributed by atoms with van der Waals surface area (Å²) in [6.07, 6.45) is -4.69. The second-order valence-corrected chi connectivity index (χ2v) is 9.18.